The van der Waals surface area contributed by atoms with E-state index in [-0.39, 0.29) is 23.7 Å². The van der Waals surface area contributed by atoms with Crippen LogP contribution in [0.2, 0.25) is 0 Å². The van der Waals surface area contributed by atoms with Crippen LogP contribution >= 0.6 is 0 Å². The maximum atomic E-state index is 11.5. The fraction of sp³-hybridized carbons (Fsp3) is 0.0606. The van der Waals surface area contributed by atoms with Crippen molar-refractivity contribution in [3.05, 3.63) is 272 Å². The standard InChI is InChI=1S/C66H36N4/c67-33-37-30-51-61(63-54(37)56-40-16-4-8-20-44(40)58(63)45-21-9-5-17-41(45)56)49-32-53-60(48-24-12-13-25-50(48)69(53)39-28-26-36(27-29-39)35-14-2-1-3-15-35)65-62-52(70(51)66(49)65)31-38(34-68)55-57-42-18-6-10-22-46(42)59(64(55)62)47-23-11-7-19-43(47)57/h1-32,56-59H. The average molecular weight is 885 g/mol. The molecule has 0 spiro atoms. The zero-order valence-corrected chi connectivity index (χ0v) is 37.6. The third kappa shape index (κ3) is 4.21. The third-order valence-electron chi connectivity index (χ3n) is 17.0. The molecular weight excluding hydrogens is 849 g/mol. The summed E-state index contributed by atoms with van der Waals surface area (Å²) in [6.07, 6.45) is 0. The molecule has 10 aromatic carbocycles. The van der Waals surface area contributed by atoms with Gasteiger partial charge in [-0.15, -0.1) is 0 Å². The molecule has 320 valence electrons. The second-order valence-electron chi connectivity index (χ2n) is 19.9. The van der Waals surface area contributed by atoms with Crippen LogP contribution in [0.3, 0.4) is 0 Å². The molecule has 19 rings (SSSR count). The second kappa shape index (κ2) is 12.9. The summed E-state index contributed by atoms with van der Waals surface area (Å²) >= 11 is 0. The van der Waals surface area contributed by atoms with Crippen LogP contribution in [-0.4, -0.2) is 8.97 Å². The van der Waals surface area contributed by atoms with Gasteiger partial charge in [-0.05, 0) is 114 Å². The van der Waals surface area contributed by atoms with E-state index in [0.29, 0.717) is 11.1 Å². The highest BCUT2D eigenvalue weighted by molar-refractivity contribution is 6.37. The molecule has 0 radical (unpaired) electrons. The predicted octanol–water partition coefficient (Wildman–Crippen LogP) is 15.3. The smallest absolute Gasteiger partial charge is 0.0995 e. The summed E-state index contributed by atoms with van der Waals surface area (Å²) in [5, 5.41) is 30.0. The number of benzene rings is 10. The van der Waals surface area contributed by atoms with Crippen LogP contribution in [0.1, 0.15) is 102 Å². The Labute approximate surface area is 402 Å². The summed E-state index contributed by atoms with van der Waals surface area (Å²) in [4.78, 5) is 0. The van der Waals surface area contributed by atoms with Gasteiger partial charge >= 0.3 is 0 Å². The first-order chi connectivity index (χ1) is 34.7. The molecule has 0 atom stereocenters. The Bertz CT molecular complexity index is 4530. The number of fused-ring (bicyclic) bond motifs is 10. The number of nitriles is 2. The van der Waals surface area contributed by atoms with Gasteiger partial charge in [0.2, 0.25) is 0 Å². The van der Waals surface area contributed by atoms with Gasteiger partial charge in [-0.1, -0.05) is 158 Å². The molecule has 0 unspecified atom stereocenters. The van der Waals surface area contributed by atoms with Crippen LogP contribution < -0.4 is 0 Å². The minimum Gasteiger partial charge on any atom is -0.309 e. The van der Waals surface area contributed by atoms with Gasteiger partial charge in [0.25, 0.3) is 0 Å². The molecule has 0 saturated heterocycles. The van der Waals surface area contributed by atoms with Crippen LogP contribution in [0, 0.1) is 22.7 Å². The van der Waals surface area contributed by atoms with E-state index in [9.17, 15) is 10.5 Å². The fourth-order valence-electron chi connectivity index (χ4n) is 14.6. The minimum absolute atomic E-state index is 0.0568. The lowest BCUT2D eigenvalue weighted by molar-refractivity contribution is 0.758. The van der Waals surface area contributed by atoms with E-state index in [4.69, 9.17) is 0 Å². The van der Waals surface area contributed by atoms with Crippen LogP contribution in [0.5, 0.6) is 0 Å². The quantitative estimate of drug-likeness (QED) is 0.174. The normalized spacial score (nSPS) is 17.7. The van der Waals surface area contributed by atoms with Gasteiger partial charge < -0.3 is 8.97 Å². The molecule has 0 fully saturated rings. The Morgan fingerprint density at radius 2 is 0.757 bits per heavy atom. The average Bonchev–Trinajstić information content (AvgIpc) is 4.07. The lowest BCUT2D eigenvalue weighted by Gasteiger charge is -2.43. The van der Waals surface area contributed by atoms with Crippen LogP contribution in [-0.2, 0) is 0 Å². The maximum absolute atomic E-state index is 11.5. The predicted molar refractivity (Wildman–Crippen MR) is 280 cm³/mol. The molecule has 3 heterocycles. The van der Waals surface area contributed by atoms with Crippen molar-refractivity contribution >= 4 is 59.9 Å². The van der Waals surface area contributed by atoms with Crippen molar-refractivity contribution in [2.45, 2.75) is 23.7 Å². The number of hydrogen-bond acceptors (Lipinski definition) is 2. The van der Waals surface area contributed by atoms with E-state index in [1.165, 1.54) is 99.1 Å². The Balaban J connectivity index is 1.10. The molecule has 6 aliphatic carbocycles. The number of aromatic nitrogens is 2. The first-order valence-electron chi connectivity index (χ1n) is 24.4. The molecule has 0 saturated carbocycles. The molecule has 0 N–H and O–H groups in total. The highest BCUT2D eigenvalue weighted by Gasteiger charge is 2.47. The van der Waals surface area contributed by atoms with Crippen molar-refractivity contribution in [2.24, 2.45) is 0 Å². The third-order valence-corrected chi connectivity index (χ3v) is 17.0. The second-order valence-corrected chi connectivity index (χ2v) is 19.9. The van der Waals surface area contributed by atoms with E-state index in [1.54, 1.807) is 0 Å². The van der Waals surface area contributed by atoms with Crippen LogP contribution in [0.25, 0.3) is 76.7 Å². The van der Waals surface area contributed by atoms with E-state index in [0.717, 1.165) is 44.4 Å². The van der Waals surface area contributed by atoms with Crippen molar-refractivity contribution < 1.29 is 0 Å². The van der Waals surface area contributed by atoms with Crippen LogP contribution in [0.4, 0.5) is 0 Å². The van der Waals surface area contributed by atoms with Gasteiger partial charge in [-0.3, -0.25) is 0 Å². The number of para-hydroxylation sites is 1. The fourth-order valence-corrected chi connectivity index (χ4v) is 14.6. The molecule has 3 aromatic heterocycles. The summed E-state index contributed by atoms with van der Waals surface area (Å²) in [7, 11) is 0. The first kappa shape index (κ1) is 36.8. The van der Waals surface area contributed by atoms with E-state index < -0.39 is 0 Å². The van der Waals surface area contributed by atoms with Gasteiger partial charge in [0.05, 0.1) is 50.8 Å². The van der Waals surface area contributed by atoms with Gasteiger partial charge in [0.15, 0.2) is 0 Å². The molecule has 13 aromatic rings. The summed E-state index contributed by atoms with van der Waals surface area (Å²) in [6.45, 7) is 0. The summed E-state index contributed by atoms with van der Waals surface area (Å²) in [5.74, 6) is -0.263. The van der Waals surface area contributed by atoms with E-state index in [2.05, 4.69) is 215 Å². The Morgan fingerprint density at radius 1 is 0.329 bits per heavy atom. The highest BCUT2D eigenvalue weighted by atomic mass is 15.0. The van der Waals surface area contributed by atoms with Crippen molar-refractivity contribution in [3.63, 3.8) is 0 Å². The van der Waals surface area contributed by atoms with Gasteiger partial charge in [0, 0.05) is 61.7 Å². The van der Waals surface area contributed by atoms with Crippen molar-refractivity contribution in [1.82, 2.24) is 8.97 Å². The zero-order chi connectivity index (χ0) is 45.7. The number of rotatable bonds is 2. The van der Waals surface area contributed by atoms with Crippen molar-refractivity contribution in [1.29, 1.82) is 10.5 Å². The molecule has 4 nitrogen and oxygen atoms in total. The molecule has 4 bridgehead atoms. The highest BCUT2D eigenvalue weighted by Crippen LogP contribution is 2.63. The van der Waals surface area contributed by atoms with E-state index in [1.807, 2.05) is 0 Å². The number of hydrogen-bond donors (Lipinski definition) is 0. The molecule has 70 heavy (non-hydrogen) atoms. The molecule has 4 heteroatoms. The summed E-state index contributed by atoms with van der Waals surface area (Å²) < 4.78 is 4.95. The molecule has 0 aliphatic heterocycles. The van der Waals surface area contributed by atoms with Crippen molar-refractivity contribution in [3.8, 4) is 29.0 Å². The Hall–Kier alpha value is -9.22. The zero-order valence-electron chi connectivity index (χ0n) is 37.6. The molecule has 6 aliphatic rings. The van der Waals surface area contributed by atoms with Crippen molar-refractivity contribution in [2.75, 3.05) is 0 Å². The lowest BCUT2D eigenvalue weighted by Crippen LogP contribution is -2.28. The Kier molecular flexibility index (Phi) is 6.76. The minimum atomic E-state index is -0.0730. The largest absolute Gasteiger partial charge is 0.309 e. The number of nitrogens with zero attached hydrogens (tertiary/aromatic N) is 4. The lowest BCUT2D eigenvalue weighted by atomic mass is 9.59. The first-order valence-corrected chi connectivity index (χ1v) is 24.4. The van der Waals surface area contributed by atoms with Gasteiger partial charge in [-0.2, -0.15) is 10.5 Å². The SMILES string of the molecule is N#Cc1cc2c(c3c1C1c4ccccc4C3c3ccccc31)c1cc3c(c4ccccc4n3-c3ccc(-c4ccccc4)cc3)c3c4c5c(c(C#N)cc4n2c13)C1c2ccccc2C5c2ccccc21. The van der Waals surface area contributed by atoms with E-state index >= 15 is 0 Å². The molecular formula is C66H36N4. The van der Waals surface area contributed by atoms with Gasteiger partial charge in [-0.25, -0.2) is 0 Å². The van der Waals surface area contributed by atoms with Gasteiger partial charge in [0.1, 0.15) is 0 Å². The topological polar surface area (TPSA) is 56.9 Å². The Morgan fingerprint density at radius 3 is 1.27 bits per heavy atom. The van der Waals surface area contributed by atoms with Crippen LogP contribution in [0.15, 0.2) is 194 Å². The summed E-state index contributed by atoms with van der Waals surface area (Å²) in [6, 6.07) is 76.7. The molecule has 0 amide bonds. The monoisotopic (exact) mass is 884 g/mol. The maximum Gasteiger partial charge on any atom is 0.0995 e. The summed E-state index contributed by atoms with van der Waals surface area (Å²) in [5.41, 5.74) is 25.5.